The van der Waals surface area contributed by atoms with E-state index in [1.54, 1.807) is 0 Å². The summed E-state index contributed by atoms with van der Waals surface area (Å²) in [7, 11) is 0. The fraction of sp³-hybridized carbons (Fsp3) is 1.00. The van der Waals surface area contributed by atoms with Crippen molar-refractivity contribution in [1.29, 1.82) is 0 Å². The van der Waals surface area contributed by atoms with Gasteiger partial charge in [0.1, 0.15) is 6.61 Å². The first-order chi connectivity index (χ1) is 6.85. The van der Waals surface area contributed by atoms with Crippen LogP contribution in [-0.4, -0.2) is 24.7 Å². The molecule has 1 atom stereocenters. The maximum absolute atomic E-state index is 11.7. The minimum Gasteiger partial charge on any atom is -0.372 e. The SMILES string of the molecule is CC(C)CC(CBr)CCOCC(F)(F)F. The normalized spacial score (nSPS) is 14.6. The van der Waals surface area contributed by atoms with E-state index in [0.29, 0.717) is 18.3 Å². The second-order valence-electron chi connectivity index (χ2n) is 4.11. The molecule has 15 heavy (non-hydrogen) atoms. The predicted octanol–water partition coefficient (Wildman–Crippen LogP) is 4.01. The molecule has 0 N–H and O–H groups in total. The summed E-state index contributed by atoms with van der Waals surface area (Å²) in [5, 5.41) is 0.820. The first-order valence-corrected chi connectivity index (χ1v) is 6.17. The highest BCUT2D eigenvalue weighted by atomic mass is 79.9. The monoisotopic (exact) mass is 290 g/mol. The van der Waals surface area contributed by atoms with Crippen LogP contribution in [0.4, 0.5) is 13.2 Å². The van der Waals surface area contributed by atoms with Crippen molar-refractivity contribution < 1.29 is 17.9 Å². The van der Waals surface area contributed by atoms with Crippen LogP contribution < -0.4 is 0 Å². The van der Waals surface area contributed by atoms with Gasteiger partial charge in [0.2, 0.25) is 0 Å². The minimum atomic E-state index is -4.21. The molecule has 0 amide bonds. The molecule has 0 rings (SSSR count). The van der Waals surface area contributed by atoms with E-state index in [2.05, 4.69) is 34.5 Å². The van der Waals surface area contributed by atoms with Crippen LogP contribution in [0.5, 0.6) is 0 Å². The van der Waals surface area contributed by atoms with Crippen LogP contribution in [0.3, 0.4) is 0 Å². The van der Waals surface area contributed by atoms with Gasteiger partial charge in [-0.15, -0.1) is 0 Å². The van der Waals surface area contributed by atoms with E-state index in [9.17, 15) is 13.2 Å². The Hall–Kier alpha value is 0.230. The Morgan fingerprint density at radius 1 is 1.27 bits per heavy atom. The highest BCUT2D eigenvalue weighted by Crippen LogP contribution is 2.19. The van der Waals surface area contributed by atoms with Crippen molar-refractivity contribution in [2.75, 3.05) is 18.5 Å². The Morgan fingerprint density at radius 3 is 2.27 bits per heavy atom. The van der Waals surface area contributed by atoms with E-state index in [-0.39, 0.29) is 6.61 Å². The van der Waals surface area contributed by atoms with Gasteiger partial charge >= 0.3 is 6.18 Å². The molecule has 0 bridgehead atoms. The molecule has 0 aliphatic heterocycles. The lowest BCUT2D eigenvalue weighted by Gasteiger charge is -2.16. The zero-order chi connectivity index (χ0) is 11.9. The van der Waals surface area contributed by atoms with Crippen molar-refractivity contribution in [2.24, 2.45) is 11.8 Å². The largest absolute Gasteiger partial charge is 0.411 e. The predicted molar refractivity (Wildman–Crippen MR) is 58.2 cm³/mol. The Kier molecular flexibility index (Phi) is 7.61. The van der Waals surface area contributed by atoms with Gasteiger partial charge in [-0.1, -0.05) is 29.8 Å². The molecule has 0 spiro atoms. The maximum atomic E-state index is 11.7. The Labute approximate surface area is 97.5 Å². The van der Waals surface area contributed by atoms with Crippen LogP contribution in [-0.2, 0) is 4.74 Å². The van der Waals surface area contributed by atoms with Crippen LogP contribution in [0.25, 0.3) is 0 Å². The smallest absolute Gasteiger partial charge is 0.372 e. The molecule has 0 saturated carbocycles. The molecule has 0 aliphatic rings. The Morgan fingerprint density at radius 2 is 1.87 bits per heavy atom. The Balaban J connectivity index is 3.55. The molecule has 1 unspecified atom stereocenters. The van der Waals surface area contributed by atoms with Gasteiger partial charge in [0, 0.05) is 11.9 Å². The Bertz CT molecular complexity index is 159. The van der Waals surface area contributed by atoms with E-state index < -0.39 is 12.8 Å². The molecule has 0 fully saturated rings. The van der Waals surface area contributed by atoms with Crippen LogP contribution >= 0.6 is 15.9 Å². The van der Waals surface area contributed by atoms with Crippen molar-refractivity contribution in [3.8, 4) is 0 Å². The molecule has 5 heteroatoms. The molecule has 0 radical (unpaired) electrons. The summed E-state index contributed by atoms with van der Waals surface area (Å²) in [6.07, 6.45) is -2.51. The molecular formula is C10H18BrF3O. The number of hydrogen-bond acceptors (Lipinski definition) is 1. The van der Waals surface area contributed by atoms with E-state index in [1.807, 2.05) is 0 Å². The summed E-state index contributed by atoms with van der Waals surface area (Å²) in [5.41, 5.74) is 0. The molecule has 0 aromatic carbocycles. The quantitative estimate of drug-likeness (QED) is 0.508. The highest BCUT2D eigenvalue weighted by Gasteiger charge is 2.27. The third-order valence-corrected chi connectivity index (χ3v) is 2.87. The van der Waals surface area contributed by atoms with Gasteiger partial charge in [0.05, 0.1) is 0 Å². The van der Waals surface area contributed by atoms with Gasteiger partial charge in [-0.3, -0.25) is 0 Å². The number of halogens is 4. The summed E-state index contributed by atoms with van der Waals surface area (Å²) >= 11 is 3.36. The van der Waals surface area contributed by atoms with Gasteiger partial charge in [-0.05, 0) is 24.7 Å². The summed E-state index contributed by atoms with van der Waals surface area (Å²) in [4.78, 5) is 0. The van der Waals surface area contributed by atoms with Crippen LogP contribution in [0.1, 0.15) is 26.7 Å². The standard InChI is InChI=1S/C10H18BrF3O/c1-8(2)5-9(6-11)3-4-15-7-10(12,13)14/h8-9H,3-7H2,1-2H3. The summed E-state index contributed by atoms with van der Waals surface area (Å²) in [6.45, 7) is 3.25. The fourth-order valence-corrected chi connectivity index (χ4v) is 1.95. The average Bonchev–Trinajstić information content (AvgIpc) is 2.08. The van der Waals surface area contributed by atoms with Crippen molar-refractivity contribution in [3.05, 3.63) is 0 Å². The van der Waals surface area contributed by atoms with Crippen molar-refractivity contribution >= 4 is 15.9 Å². The summed E-state index contributed by atoms with van der Waals surface area (Å²) < 4.78 is 39.8. The molecule has 1 nitrogen and oxygen atoms in total. The van der Waals surface area contributed by atoms with Gasteiger partial charge < -0.3 is 4.74 Å². The van der Waals surface area contributed by atoms with E-state index in [1.165, 1.54) is 0 Å². The highest BCUT2D eigenvalue weighted by molar-refractivity contribution is 9.09. The van der Waals surface area contributed by atoms with E-state index in [0.717, 1.165) is 11.8 Å². The number of rotatable bonds is 7. The zero-order valence-electron chi connectivity index (χ0n) is 9.11. The van der Waals surface area contributed by atoms with Gasteiger partial charge in [0.15, 0.2) is 0 Å². The molecule has 0 saturated heterocycles. The minimum absolute atomic E-state index is 0.183. The molecular weight excluding hydrogens is 273 g/mol. The fourth-order valence-electron chi connectivity index (χ4n) is 1.36. The summed E-state index contributed by atoms with van der Waals surface area (Å²) in [5.74, 6) is 0.966. The van der Waals surface area contributed by atoms with Crippen molar-refractivity contribution in [2.45, 2.75) is 32.9 Å². The summed E-state index contributed by atoms with van der Waals surface area (Å²) in [6, 6.07) is 0. The lowest BCUT2D eigenvalue weighted by molar-refractivity contribution is -0.174. The topological polar surface area (TPSA) is 9.23 Å². The first-order valence-electron chi connectivity index (χ1n) is 5.05. The first kappa shape index (κ1) is 15.2. The van der Waals surface area contributed by atoms with Gasteiger partial charge in [-0.25, -0.2) is 0 Å². The molecule has 0 aromatic heterocycles. The van der Waals surface area contributed by atoms with Crippen molar-refractivity contribution in [3.63, 3.8) is 0 Å². The third-order valence-electron chi connectivity index (χ3n) is 1.96. The zero-order valence-corrected chi connectivity index (χ0v) is 10.7. The maximum Gasteiger partial charge on any atom is 0.411 e. The van der Waals surface area contributed by atoms with Crippen LogP contribution in [0.15, 0.2) is 0 Å². The number of ether oxygens (including phenoxy) is 1. The molecule has 0 aliphatic carbocycles. The number of hydrogen-bond donors (Lipinski definition) is 0. The van der Waals surface area contributed by atoms with Gasteiger partial charge in [-0.2, -0.15) is 13.2 Å². The number of alkyl halides is 4. The molecule has 0 aromatic rings. The third kappa shape index (κ3) is 10.5. The second-order valence-corrected chi connectivity index (χ2v) is 4.75. The van der Waals surface area contributed by atoms with Gasteiger partial charge in [0.25, 0.3) is 0 Å². The lowest BCUT2D eigenvalue weighted by atomic mass is 9.96. The lowest BCUT2D eigenvalue weighted by Crippen LogP contribution is -2.19. The average molecular weight is 291 g/mol. The van der Waals surface area contributed by atoms with Crippen molar-refractivity contribution in [1.82, 2.24) is 0 Å². The van der Waals surface area contributed by atoms with E-state index >= 15 is 0 Å². The van der Waals surface area contributed by atoms with Crippen LogP contribution in [0.2, 0.25) is 0 Å². The second kappa shape index (κ2) is 7.49. The molecule has 0 heterocycles. The van der Waals surface area contributed by atoms with E-state index in [4.69, 9.17) is 0 Å². The van der Waals surface area contributed by atoms with Crippen LogP contribution in [0, 0.1) is 11.8 Å². The molecule has 92 valence electrons.